The highest BCUT2D eigenvalue weighted by atomic mass is 35.5. The van der Waals surface area contributed by atoms with Crippen LogP contribution in [-0.2, 0) is 9.53 Å². The van der Waals surface area contributed by atoms with E-state index < -0.39 is 4.87 Å². The van der Waals surface area contributed by atoms with Crippen molar-refractivity contribution in [1.29, 1.82) is 0 Å². The minimum atomic E-state index is -0.830. The van der Waals surface area contributed by atoms with E-state index in [0.717, 1.165) is 6.42 Å². The van der Waals surface area contributed by atoms with E-state index >= 15 is 0 Å². The Kier molecular flexibility index (Phi) is 3.72. The summed E-state index contributed by atoms with van der Waals surface area (Å²) in [4.78, 5) is 10.0. The second-order valence-electron chi connectivity index (χ2n) is 2.44. The van der Waals surface area contributed by atoms with Gasteiger partial charge in [-0.2, -0.15) is 0 Å². The third kappa shape index (κ3) is 2.56. The van der Waals surface area contributed by atoms with Gasteiger partial charge >= 0.3 is 5.97 Å². The number of carbonyl (C=O) groups is 1. The average Bonchev–Trinajstić information content (AvgIpc) is 1.86. The lowest BCUT2D eigenvalue weighted by atomic mass is 10.1. The van der Waals surface area contributed by atoms with Crippen LogP contribution < -0.4 is 0 Å². The molecule has 0 aliphatic rings. The SMILES string of the molecule is CCC[C@@](C)(Cl)C(=O)OC. The first kappa shape index (κ1) is 9.76. The van der Waals surface area contributed by atoms with E-state index in [1.54, 1.807) is 6.92 Å². The van der Waals surface area contributed by atoms with Gasteiger partial charge in [0.25, 0.3) is 0 Å². The molecule has 0 aromatic heterocycles. The Balaban J connectivity index is 3.96. The van der Waals surface area contributed by atoms with Crippen molar-refractivity contribution in [2.45, 2.75) is 31.6 Å². The lowest BCUT2D eigenvalue weighted by Gasteiger charge is -2.17. The Labute approximate surface area is 66.5 Å². The molecular formula is C7H13ClO2. The maximum atomic E-state index is 10.9. The molecule has 0 unspecified atom stereocenters. The first-order valence-electron chi connectivity index (χ1n) is 3.32. The van der Waals surface area contributed by atoms with Crippen LogP contribution in [0.15, 0.2) is 0 Å². The lowest BCUT2D eigenvalue weighted by Crippen LogP contribution is -2.29. The van der Waals surface area contributed by atoms with Crippen LogP contribution in [0.1, 0.15) is 26.7 Å². The number of halogens is 1. The van der Waals surface area contributed by atoms with Gasteiger partial charge in [0.15, 0.2) is 0 Å². The summed E-state index contributed by atoms with van der Waals surface area (Å²) in [6.45, 7) is 3.65. The molecule has 0 heterocycles. The Hall–Kier alpha value is -0.240. The zero-order chi connectivity index (χ0) is 8.20. The lowest BCUT2D eigenvalue weighted by molar-refractivity contribution is -0.143. The fourth-order valence-electron chi connectivity index (χ4n) is 0.784. The number of ether oxygens (including phenoxy) is 1. The van der Waals surface area contributed by atoms with Gasteiger partial charge in [-0.25, -0.2) is 0 Å². The van der Waals surface area contributed by atoms with Gasteiger partial charge in [-0.1, -0.05) is 13.3 Å². The van der Waals surface area contributed by atoms with E-state index in [-0.39, 0.29) is 5.97 Å². The van der Waals surface area contributed by atoms with E-state index in [2.05, 4.69) is 4.74 Å². The van der Waals surface area contributed by atoms with Crippen molar-refractivity contribution in [3.63, 3.8) is 0 Å². The molecule has 60 valence electrons. The molecule has 10 heavy (non-hydrogen) atoms. The molecular weight excluding hydrogens is 152 g/mol. The molecule has 0 aliphatic carbocycles. The minimum absolute atomic E-state index is 0.351. The summed E-state index contributed by atoms with van der Waals surface area (Å²) in [5.41, 5.74) is 0. The van der Waals surface area contributed by atoms with Gasteiger partial charge in [0.2, 0.25) is 0 Å². The van der Waals surface area contributed by atoms with Crippen LogP contribution in [0, 0.1) is 0 Å². The van der Waals surface area contributed by atoms with E-state index in [1.807, 2.05) is 6.92 Å². The average molecular weight is 165 g/mol. The predicted molar refractivity (Wildman–Crippen MR) is 41.2 cm³/mol. The summed E-state index contributed by atoms with van der Waals surface area (Å²) >= 11 is 5.81. The molecule has 0 aromatic rings. The molecule has 1 atom stereocenters. The van der Waals surface area contributed by atoms with Crippen molar-refractivity contribution in [2.75, 3.05) is 7.11 Å². The van der Waals surface area contributed by atoms with Crippen LogP contribution in [0.2, 0.25) is 0 Å². The minimum Gasteiger partial charge on any atom is -0.468 e. The van der Waals surface area contributed by atoms with Crippen LogP contribution >= 0.6 is 11.6 Å². The molecule has 0 saturated heterocycles. The van der Waals surface area contributed by atoms with Gasteiger partial charge in [0, 0.05) is 0 Å². The number of methoxy groups -OCH3 is 1. The molecule has 0 fully saturated rings. The predicted octanol–water partition coefficient (Wildman–Crippen LogP) is 1.96. The zero-order valence-electron chi connectivity index (χ0n) is 6.61. The van der Waals surface area contributed by atoms with Crippen molar-refractivity contribution >= 4 is 17.6 Å². The molecule has 0 aromatic carbocycles. The van der Waals surface area contributed by atoms with Crippen molar-refractivity contribution in [1.82, 2.24) is 0 Å². The molecule has 0 N–H and O–H groups in total. The van der Waals surface area contributed by atoms with Gasteiger partial charge in [-0.3, -0.25) is 4.79 Å². The smallest absolute Gasteiger partial charge is 0.326 e. The van der Waals surface area contributed by atoms with Crippen LogP contribution in [0.3, 0.4) is 0 Å². The largest absolute Gasteiger partial charge is 0.468 e. The highest BCUT2D eigenvalue weighted by Crippen LogP contribution is 2.21. The molecule has 0 saturated carbocycles. The number of carbonyl (C=O) groups excluding carboxylic acids is 1. The molecule has 0 aliphatic heterocycles. The molecule has 3 heteroatoms. The van der Waals surface area contributed by atoms with Crippen molar-refractivity contribution in [3.05, 3.63) is 0 Å². The van der Waals surface area contributed by atoms with E-state index in [4.69, 9.17) is 11.6 Å². The van der Waals surface area contributed by atoms with Gasteiger partial charge in [-0.15, -0.1) is 11.6 Å². The van der Waals surface area contributed by atoms with Crippen LogP contribution in [0.5, 0.6) is 0 Å². The summed E-state index contributed by atoms with van der Waals surface area (Å²) in [6.07, 6.45) is 1.54. The molecule has 0 spiro atoms. The Bertz CT molecular complexity index is 121. The van der Waals surface area contributed by atoms with Gasteiger partial charge < -0.3 is 4.74 Å². The van der Waals surface area contributed by atoms with E-state index in [9.17, 15) is 4.79 Å². The number of hydrogen-bond acceptors (Lipinski definition) is 2. The first-order valence-corrected chi connectivity index (χ1v) is 3.69. The Morgan fingerprint density at radius 2 is 2.20 bits per heavy atom. The number of esters is 1. The number of hydrogen-bond donors (Lipinski definition) is 0. The quantitative estimate of drug-likeness (QED) is 0.471. The third-order valence-electron chi connectivity index (χ3n) is 1.33. The zero-order valence-corrected chi connectivity index (χ0v) is 7.36. The summed E-state index contributed by atoms with van der Waals surface area (Å²) in [5, 5.41) is 0. The molecule has 0 bridgehead atoms. The van der Waals surface area contributed by atoms with E-state index in [1.165, 1.54) is 7.11 Å². The molecule has 0 amide bonds. The third-order valence-corrected chi connectivity index (χ3v) is 1.67. The highest BCUT2D eigenvalue weighted by molar-refractivity contribution is 6.33. The van der Waals surface area contributed by atoms with Gasteiger partial charge in [-0.05, 0) is 13.3 Å². The van der Waals surface area contributed by atoms with Gasteiger partial charge in [0.05, 0.1) is 7.11 Å². The van der Waals surface area contributed by atoms with Crippen LogP contribution in [0.25, 0.3) is 0 Å². The molecule has 2 nitrogen and oxygen atoms in total. The topological polar surface area (TPSA) is 26.3 Å². The number of rotatable bonds is 3. The fourth-order valence-corrected chi connectivity index (χ4v) is 1.05. The second-order valence-corrected chi connectivity index (χ2v) is 3.27. The van der Waals surface area contributed by atoms with Crippen molar-refractivity contribution in [3.8, 4) is 0 Å². The summed E-state index contributed by atoms with van der Waals surface area (Å²) in [6, 6.07) is 0. The number of alkyl halides is 1. The highest BCUT2D eigenvalue weighted by Gasteiger charge is 2.30. The Morgan fingerprint density at radius 3 is 2.50 bits per heavy atom. The summed E-state index contributed by atoms with van der Waals surface area (Å²) < 4.78 is 4.50. The van der Waals surface area contributed by atoms with Crippen LogP contribution in [-0.4, -0.2) is 18.0 Å². The van der Waals surface area contributed by atoms with E-state index in [0.29, 0.717) is 6.42 Å². The van der Waals surface area contributed by atoms with Crippen molar-refractivity contribution in [2.24, 2.45) is 0 Å². The maximum absolute atomic E-state index is 10.9. The molecule has 0 radical (unpaired) electrons. The van der Waals surface area contributed by atoms with Crippen molar-refractivity contribution < 1.29 is 9.53 Å². The van der Waals surface area contributed by atoms with Crippen LogP contribution in [0.4, 0.5) is 0 Å². The summed E-state index contributed by atoms with van der Waals surface area (Å²) in [5.74, 6) is -0.351. The monoisotopic (exact) mass is 164 g/mol. The van der Waals surface area contributed by atoms with Gasteiger partial charge in [0.1, 0.15) is 4.87 Å². The summed E-state index contributed by atoms with van der Waals surface area (Å²) in [7, 11) is 1.35. The second kappa shape index (κ2) is 3.81. The fraction of sp³-hybridized carbons (Fsp3) is 0.857. The first-order chi connectivity index (χ1) is 4.54. The Morgan fingerprint density at radius 1 is 1.70 bits per heavy atom. The normalized spacial score (nSPS) is 16.0. The maximum Gasteiger partial charge on any atom is 0.326 e. The molecule has 0 rings (SSSR count). The standard InChI is InChI=1S/C7H13ClO2/c1-4-5-7(2,8)6(9)10-3/h4-5H2,1-3H3/t7-/m1/s1.